The van der Waals surface area contributed by atoms with E-state index in [1.54, 1.807) is 0 Å². The van der Waals surface area contributed by atoms with Gasteiger partial charge in [-0.2, -0.15) is 0 Å². The van der Waals surface area contributed by atoms with E-state index in [1.807, 2.05) is 23.1 Å². The second-order valence-corrected chi connectivity index (χ2v) is 11.5. The first-order valence-corrected chi connectivity index (χ1v) is 12.8. The van der Waals surface area contributed by atoms with Gasteiger partial charge in [0, 0.05) is 54.8 Å². The van der Waals surface area contributed by atoms with Crippen molar-refractivity contribution in [1.82, 2.24) is 15.1 Å². The molecule has 4 saturated carbocycles. The molecule has 5 aliphatic rings. The third-order valence-electron chi connectivity index (χ3n) is 8.31. The first-order chi connectivity index (χ1) is 15.4. The Labute approximate surface area is 200 Å². The summed E-state index contributed by atoms with van der Waals surface area (Å²) in [4.78, 5) is 29.5. The molecule has 174 valence electrons. The first kappa shape index (κ1) is 22.5. The van der Waals surface area contributed by atoms with Gasteiger partial charge >= 0.3 is 0 Å². The highest BCUT2D eigenvalue weighted by molar-refractivity contribution is 6.35. The van der Waals surface area contributed by atoms with Crippen LogP contribution in [-0.4, -0.2) is 54.3 Å². The monoisotopic (exact) mass is 477 g/mol. The Balaban J connectivity index is 1.06. The molecule has 1 saturated heterocycles. The van der Waals surface area contributed by atoms with Crippen LogP contribution in [0.3, 0.4) is 0 Å². The predicted octanol–water partition coefficient (Wildman–Crippen LogP) is 4.36. The lowest BCUT2D eigenvalue weighted by molar-refractivity contribution is -0.136. The third kappa shape index (κ3) is 4.80. The molecule has 1 N–H and O–H groups in total. The Hall–Kier alpha value is -1.30. The van der Waals surface area contributed by atoms with Crippen LogP contribution in [0.15, 0.2) is 18.2 Å². The number of piperazine rings is 1. The molecule has 5 nitrogen and oxygen atoms in total. The molecule has 4 aliphatic carbocycles. The standard InChI is InChI=1S/C25H33Cl2N3O2/c26-21-2-1-3-22(27)20(21)16-29-4-6-30(7-5-29)24(32)15-28-23(31)14-25-11-17-8-18(12-25)10-19(9-17)13-25/h1-3,17-19H,4-16H2,(H,28,31). The summed E-state index contributed by atoms with van der Waals surface area (Å²) in [5, 5.41) is 4.30. The van der Waals surface area contributed by atoms with E-state index in [1.165, 1.54) is 38.5 Å². The van der Waals surface area contributed by atoms with Gasteiger partial charge in [0.1, 0.15) is 0 Å². The summed E-state index contributed by atoms with van der Waals surface area (Å²) in [7, 11) is 0. The molecule has 1 aromatic rings. The van der Waals surface area contributed by atoms with E-state index in [0.717, 1.165) is 36.4 Å². The molecule has 4 bridgehead atoms. The Morgan fingerprint density at radius 1 is 0.938 bits per heavy atom. The maximum atomic E-state index is 12.7. The smallest absolute Gasteiger partial charge is 0.242 e. The summed E-state index contributed by atoms with van der Waals surface area (Å²) < 4.78 is 0. The van der Waals surface area contributed by atoms with Crippen LogP contribution in [0.25, 0.3) is 0 Å². The highest BCUT2D eigenvalue weighted by Gasteiger charge is 2.51. The highest BCUT2D eigenvalue weighted by atomic mass is 35.5. The van der Waals surface area contributed by atoms with E-state index in [2.05, 4.69) is 10.2 Å². The molecule has 1 aromatic carbocycles. The number of halogens is 2. The van der Waals surface area contributed by atoms with Crippen molar-refractivity contribution in [2.75, 3.05) is 32.7 Å². The van der Waals surface area contributed by atoms with Crippen molar-refractivity contribution >= 4 is 35.0 Å². The minimum Gasteiger partial charge on any atom is -0.347 e. The molecule has 0 aromatic heterocycles. The number of carbonyl (C=O) groups excluding carboxylic acids is 2. The molecule has 6 rings (SSSR count). The van der Waals surface area contributed by atoms with Gasteiger partial charge in [0.2, 0.25) is 11.8 Å². The maximum absolute atomic E-state index is 12.7. The van der Waals surface area contributed by atoms with Crippen molar-refractivity contribution in [3.63, 3.8) is 0 Å². The van der Waals surface area contributed by atoms with E-state index in [9.17, 15) is 9.59 Å². The summed E-state index contributed by atoms with van der Waals surface area (Å²) in [6.07, 6.45) is 8.42. The molecule has 0 unspecified atom stereocenters. The van der Waals surface area contributed by atoms with Crippen LogP contribution in [0.5, 0.6) is 0 Å². The molecular weight excluding hydrogens is 445 g/mol. The predicted molar refractivity (Wildman–Crippen MR) is 127 cm³/mol. The van der Waals surface area contributed by atoms with E-state index < -0.39 is 0 Å². The minimum absolute atomic E-state index is 0.0132. The average Bonchev–Trinajstić information content (AvgIpc) is 2.74. The van der Waals surface area contributed by atoms with Gasteiger partial charge in [-0.25, -0.2) is 0 Å². The molecule has 0 atom stereocenters. The summed E-state index contributed by atoms with van der Waals surface area (Å²) in [6.45, 7) is 3.66. The van der Waals surface area contributed by atoms with Crippen LogP contribution in [0.1, 0.15) is 50.5 Å². The number of benzene rings is 1. The molecule has 0 radical (unpaired) electrons. The van der Waals surface area contributed by atoms with Gasteiger partial charge in [-0.1, -0.05) is 29.3 Å². The number of amides is 2. The van der Waals surface area contributed by atoms with Crippen LogP contribution in [0, 0.1) is 23.2 Å². The number of rotatable bonds is 6. The van der Waals surface area contributed by atoms with Crippen molar-refractivity contribution in [3.8, 4) is 0 Å². The van der Waals surface area contributed by atoms with Gasteiger partial charge in [-0.05, 0) is 73.8 Å². The summed E-state index contributed by atoms with van der Waals surface area (Å²) in [5.41, 5.74) is 1.15. The van der Waals surface area contributed by atoms with Gasteiger partial charge in [0.05, 0.1) is 6.54 Å². The first-order valence-electron chi connectivity index (χ1n) is 12.1. The molecule has 1 aliphatic heterocycles. The van der Waals surface area contributed by atoms with Crippen LogP contribution < -0.4 is 5.32 Å². The highest BCUT2D eigenvalue weighted by Crippen LogP contribution is 2.61. The maximum Gasteiger partial charge on any atom is 0.242 e. The normalized spacial score (nSPS) is 31.7. The summed E-state index contributed by atoms with van der Waals surface area (Å²) >= 11 is 12.6. The average molecular weight is 478 g/mol. The lowest BCUT2D eigenvalue weighted by Crippen LogP contribution is -2.51. The second-order valence-electron chi connectivity index (χ2n) is 10.7. The van der Waals surface area contributed by atoms with Crippen LogP contribution in [0.2, 0.25) is 10.0 Å². The number of carbonyl (C=O) groups is 2. The molecule has 1 heterocycles. The zero-order chi connectivity index (χ0) is 22.3. The summed E-state index contributed by atoms with van der Waals surface area (Å²) in [5.74, 6) is 2.60. The Bertz CT molecular complexity index is 826. The molecule has 5 fully saturated rings. The van der Waals surface area contributed by atoms with Crippen LogP contribution >= 0.6 is 23.2 Å². The van der Waals surface area contributed by atoms with Crippen LogP contribution in [0.4, 0.5) is 0 Å². The number of hydrogen-bond donors (Lipinski definition) is 1. The molecule has 2 amide bonds. The molecule has 0 spiro atoms. The zero-order valence-corrected chi connectivity index (χ0v) is 20.1. The fourth-order valence-corrected chi connectivity index (χ4v) is 7.77. The van der Waals surface area contributed by atoms with Crippen molar-refractivity contribution in [3.05, 3.63) is 33.8 Å². The minimum atomic E-state index is 0.0132. The molecule has 32 heavy (non-hydrogen) atoms. The van der Waals surface area contributed by atoms with Crippen molar-refractivity contribution in [2.45, 2.75) is 51.5 Å². The molecular formula is C25H33Cl2N3O2. The number of nitrogens with one attached hydrogen (secondary N) is 1. The lowest BCUT2D eigenvalue weighted by Gasteiger charge is -2.56. The van der Waals surface area contributed by atoms with Gasteiger partial charge in [0.15, 0.2) is 0 Å². The van der Waals surface area contributed by atoms with Crippen molar-refractivity contribution in [2.24, 2.45) is 23.2 Å². The van der Waals surface area contributed by atoms with Gasteiger partial charge < -0.3 is 10.2 Å². The summed E-state index contributed by atoms with van der Waals surface area (Å²) in [6, 6.07) is 5.56. The van der Waals surface area contributed by atoms with Gasteiger partial charge in [0.25, 0.3) is 0 Å². The van der Waals surface area contributed by atoms with E-state index in [4.69, 9.17) is 23.2 Å². The fourth-order valence-electron chi connectivity index (χ4n) is 7.26. The largest absolute Gasteiger partial charge is 0.347 e. The Kier molecular flexibility index (Phi) is 6.43. The van der Waals surface area contributed by atoms with E-state index in [-0.39, 0.29) is 23.8 Å². The fraction of sp³-hybridized carbons (Fsp3) is 0.680. The topological polar surface area (TPSA) is 52.7 Å². The SMILES string of the molecule is O=C(CC12CC3CC(CC(C3)C1)C2)NCC(=O)N1CCN(Cc2c(Cl)cccc2Cl)CC1. The molecule has 7 heteroatoms. The zero-order valence-electron chi connectivity index (χ0n) is 18.6. The van der Waals surface area contributed by atoms with Crippen molar-refractivity contribution in [1.29, 1.82) is 0 Å². The van der Waals surface area contributed by atoms with E-state index >= 15 is 0 Å². The van der Waals surface area contributed by atoms with Gasteiger partial charge in [-0.3, -0.25) is 14.5 Å². The Morgan fingerprint density at radius 3 is 2.06 bits per heavy atom. The van der Waals surface area contributed by atoms with Crippen molar-refractivity contribution < 1.29 is 9.59 Å². The lowest BCUT2D eigenvalue weighted by atomic mass is 9.49. The third-order valence-corrected chi connectivity index (χ3v) is 9.01. The number of nitrogens with zero attached hydrogens (tertiary/aromatic N) is 2. The Morgan fingerprint density at radius 2 is 1.50 bits per heavy atom. The quantitative estimate of drug-likeness (QED) is 0.661. The van der Waals surface area contributed by atoms with Gasteiger partial charge in [-0.15, -0.1) is 0 Å². The van der Waals surface area contributed by atoms with Crippen LogP contribution in [-0.2, 0) is 16.1 Å². The second kappa shape index (κ2) is 9.15. The van der Waals surface area contributed by atoms with E-state index in [0.29, 0.717) is 36.1 Å². The number of hydrogen-bond acceptors (Lipinski definition) is 3.